The Hall–Kier alpha value is -0.320. The Labute approximate surface area is 134 Å². The Bertz CT molecular complexity index is 319. The third-order valence-electron chi connectivity index (χ3n) is 5.43. The number of nitrogens with one attached hydrogen (secondary N) is 2. The molecule has 4 nitrogen and oxygen atoms in total. The van der Waals surface area contributed by atoms with Gasteiger partial charge in [0.25, 0.3) is 0 Å². The van der Waals surface area contributed by atoms with Crippen LogP contribution in [0.4, 0.5) is 0 Å². The van der Waals surface area contributed by atoms with Crippen molar-refractivity contribution < 1.29 is 4.79 Å². The minimum absolute atomic E-state index is 0. The Morgan fingerprint density at radius 3 is 2.19 bits per heavy atom. The second-order valence-electron chi connectivity index (χ2n) is 6.78. The first-order chi connectivity index (χ1) is 9.83. The minimum atomic E-state index is 0. The van der Waals surface area contributed by atoms with E-state index < -0.39 is 0 Å². The average Bonchev–Trinajstić information content (AvgIpc) is 3.03. The number of carbonyl (C=O) groups is 1. The summed E-state index contributed by atoms with van der Waals surface area (Å²) in [4.78, 5) is 14.9. The molecule has 2 heterocycles. The summed E-state index contributed by atoms with van der Waals surface area (Å²) in [7, 11) is 0. The monoisotopic (exact) mass is 315 g/mol. The lowest BCUT2D eigenvalue weighted by atomic mass is 9.95. The Kier molecular flexibility index (Phi) is 6.77. The maximum atomic E-state index is 12.3. The Balaban J connectivity index is 0.00000161. The largest absolute Gasteiger partial charge is 0.353 e. The van der Waals surface area contributed by atoms with Gasteiger partial charge in [0.1, 0.15) is 0 Å². The van der Waals surface area contributed by atoms with Crippen LogP contribution < -0.4 is 10.6 Å². The molecule has 21 heavy (non-hydrogen) atoms. The number of halogens is 1. The van der Waals surface area contributed by atoms with E-state index in [4.69, 9.17) is 0 Å². The third-order valence-corrected chi connectivity index (χ3v) is 5.43. The van der Waals surface area contributed by atoms with E-state index in [2.05, 4.69) is 15.5 Å². The lowest BCUT2D eigenvalue weighted by molar-refractivity contribution is -0.126. The van der Waals surface area contributed by atoms with Gasteiger partial charge in [0, 0.05) is 31.1 Å². The molecule has 0 aromatic rings. The van der Waals surface area contributed by atoms with Gasteiger partial charge < -0.3 is 15.5 Å². The predicted molar refractivity (Wildman–Crippen MR) is 87.8 cm³/mol. The van der Waals surface area contributed by atoms with Crippen LogP contribution in [0.3, 0.4) is 0 Å². The number of likely N-dealkylation sites (tertiary alicyclic amines) is 1. The fourth-order valence-corrected chi connectivity index (χ4v) is 4.08. The van der Waals surface area contributed by atoms with Crippen molar-refractivity contribution in [1.29, 1.82) is 0 Å². The molecule has 0 atom stereocenters. The van der Waals surface area contributed by atoms with Crippen molar-refractivity contribution in [3.05, 3.63) is 0 Å². The highest BCUT2D eigenvalue weighted by Gasteiger charge is 2.29. The molecular formula is C16H30ClN3O. The number of hydrogen-bond donors (Lipinski definition) is 2. The summed E-state index contributed by atoms with van der Waals surface area (Å²) in [6, 6.07) is 1.27. The third kappa shape index (κ3) is 4.57. The zero-order valence-corrected chi connectivity index (χ0v) is 13.8. The minimum Gasteiger partial charge on any atom is -0.353 e. The van der Waals surface area contributed by atoms with E-state index in [0.29, 0.717) is 11.9 Å². The molecular weight excluding hydrogens is 286 g/mol. The molecule has 2 N–H and O–H groups in total. The molecule has 3 rings (SSSR count). The number of carbonyl (C=O) groups excluding carboxylic acids is 1. The molecule has 5 heteroatoms. The van der Waals surface area contributed by atoms with Crippen LogP contribution in [0.2, 0.25) is 0 Å². The van der Waals surface area contributed by atoms with E-state index in [1.807, 2.05) is 0 Å². The van der Waals surface area contributed by atoms with Gasteiger partial charge in [0.15, 0.2) is 0 Å². The summed E-state index contributed by atoms with van der Waals surface area (Å²) in [5, 5.41) is 6.63. The van der Waals surface area contributed by atoms with Gasteiger partial charge in [0.05, 0.1) is 0 Å². The number of hydrogen-bond acceptors (Lipinski definition) is 3. The summed E-state index contributed by atoms with van der Waals surface area (Å²) >= 11 is 0. The highest BCUT2D eigenvalue weighted by molar-refractivity contribution is 5.85. The summed E-state index contributed by atoms with van der Waals surface area (Å²) in [5.41, 5.74) is 0. The summed E-state index contributed by atoms with van der Waals surface area (Å²) in [6.45, 7) is 4.36. The second-order valence-corrected chi connectivity index (χ2v) is 6.78. The molecule has 1 saturated carbocycles. The molecule has 0 bridgehead atoms. The van der Waals surface area contributed by atoms with Gasteiger partial charge in [-0.1, -0.05) is 12.8 Å². The zero-order chi connectivity index (χ0) is 13.8. The molecule has 0 aromatic carbocycles. The Morgan fingerprint density at radius 1 is 0.952 bits per heavy atom. The van der Waals surface area contributed by atoms with E-state index in [0.717, 1.165) is 44.8 Å². The summed E-state index contributed by atoms with van der Waals surface area (Å²) in [6.07, 6.45) is 9.92. The van der Waals surface area contributed by atoms with Gasteiger partial charge in [-0.2, -0.15) is 0 Å². The van der Waals surface area contributed by atoms with Gasteiger partial charge in [-0.15, -0.1) is 12.4 Å². The highest BCUT2D eigenvalue weighted by atomic mass is 35.5. The van der Waals surface area contributed by atoms with E-state index in [1.54, 1.807) is 0 Å². The topological polar surface area (TPSA) is 44.4 Å². The first-order valence-corrected chi connectivity index (χ1v) is 8.58. The molecule has 0 spiro atoms. The lowest BCUT2D eigenvalue weighted by Crippen LogP contribution is -2.49. The van der Waals surface area contributed by atoms with Crippen LogP contribution in [0.25, 0.3) is 0 Å². The molecule has 122 valence electrons. The van der Waals surface area contributed by atoms with Crippen LogP contribution in [0.5, 0.6) is 0 Å². The van der Waals surface area contributed by atoms with Crippen LogP contribution in [0, 0.1) is 5.92 Å². The van der Waals surface area contributed by atoms with E-state index in [1.165, 1.54) is 38.8 Å². The van der Waals surface area contributed by atoms with Gasteiger partial charge >= 0.3 is 0 Å². The first-order valence-electron chi connectivity index (χ1n) is 8.58. The number of rotatable bonds is 3. The normalized spacial score (nSPS) is 26.5. The van der Waals surface area contributed by atoms with Crippen molar-refractivity contribution in [2.75, 3.05) is 26.2 Å². The highest BCUT2D eigenvalue weighted by Crippen LogP contribution is 2.26. The van der Waals surface area contributed by atoms with Crippen LogP contribution >= 0.6 is 12.4 Å². The predicted octanol–water partition coefficient (Wildman–Crippen LogP) is 1.93. The zero-order valence-electron chi connectivity index (χ0n) is 13.0. The van der Waals surface area contributed by atoms with Crippen LogP contribution in [-0.2, 0) is 4.79 Å². The summed E-state index contributed by atoms with van der Waals surface area (Å²) < 4.78 is 0. The van der Waals surface area contributed by atoms with Crippen molar-refractivity contribution in [2.45, 2.75) is 63.5 Å². The second kappa shape index (κ2) is 8.35. The van der Waals surface area contributed by atoms with Crippen molar-refractivity contribution in [2.24, 2.45) is 5.92 Å². The van der Waals surface area contributed by atoms with Crippen molar-refractivity contribution in [1.82, 2.24) is 15.5 Å². The fourth-order valence-electron chi connectivity index (χ4n) is 4.08. The van der Waals surface area contributed by atoms with Crippen LogP contribution in [-0.4, -0.2) is 49.1 Å². The molecule has 2 saturated heterocycles. The van der Waals surface area contributed by atoms with Crippen molar-refractivity contribution in [3.63, 3.8) is 0 Å². The van der Waals surface area contributed by atoms with E-state index in [9.17, 15) is 4.79 Å². The Morgan fingerprint density at radius 2 is 1.57 bits per heavy atom. The van der Waals surface area contributed by atoms with Crippen LogP contribution in [0.1, 0.15) is 51.4 Å². The first kappa shape index (κ1) is 17.0. The maximum Gasteiger partial charge on any atom is 0.223 e. The number of piperidine rings is 2. The molecule has 2 aliphatic heterocycles. The molecule has 1 aliphatic carbocycles. The van der Waals surface area contributed by atoms with Gasteiger partial charge in [-0.3, -0.25) is 4.79 Å². The van der Waals surface area contributed by atoms with Crippen LogP contribution in [0.15, 0.2) is 0 Å². The van der Waals surface area contributed by atoms with E-state index in [-0.39, 0.29) is 18.3 Å². The smallest absolute Gasteiger partial charge is 0.223 e. The fraction of sp³-hybridized carbons (Fsp3) is 0.938. The quantitative estimate of drug-likeness (QED) is 0.836. The van der Waals surface area contributed by atoms with Gasteiger partial charge in [0.2, 0.25) is 5.91 Å². The van der Waals surface area contributed by atoms with Crippen molar-refractivity contribution >= 4 is 18.3 Å². The molecule has 1 amide bonds. The standard InChI is InChI=1S/C16H29N3O.ClH/c20-16(13-5-9-17-10-6-13)18-14-7-11-19(12-8-14)15-3-1-2-4-15;/h13-15,17H,1-12H2,(H,18,20);1H. The SMILES string of the molecule is Cl.O=C(NC1CCN(C2CCCC2)CC1)C1CCNCC1. The maximum absolute atomic E-state index is 12.3. The molecule has 0 radical (unpaired) electrons. The number of amides is 1. The van der Waals surface area contributed by atoms with Gasteiger partial charge in [-0.05, 0) is 51.6 Å². The molecule has 3 fully saturated rings. The molecule has 3 aliphatic rings. The van der Waals surface area contributed by atoms with Gasteiger partial charge in [-0.25, -0.2) is 0 Å². The number of nitrogens with zero attached hydrogens (tertiary/aromatic N) is 1. The molecule has 0 unspecified atom stereocenters. The summed E-state index contributed by atoms with van der Waals surface area (Å²) in [5.74, 6) is 0.565. The lowest BCUT2D eigenvalue weighted by Gasteiger charge is -2.36. The average molecular weight is 316 g/mol. The molecule has 0 aromatic heterocycles. The van der Waals surface area contributed by atoms with E-state index >= 15 is 0 Å². The van der Waals surface area contributed by atoms with Crippen molar-refractivity contribution in [3.8, 4) is 0 Å².